The largest absolute Gasteiger partial charge is 0.462 e. The number of aryl methyl sites for hydroxylation is 1. The van der Waals surface area contributed by atoms with Crippen LogP contribution in [0.1, 0.15) is 56.7 Å². The van der Waals surface area contributed by atoms with Crippen LogP contribution >= 0.6 is 0 Å². The highest BCUT2D eigenvalue weighted by Gasteiger charge is 2.35. The smallest absolute Gasteiger partial charge is 0.333 e. The summed E-state index contributed by atoms with van der Waals surface area (Å²) in [7, 11) is 0. The molecule has 7 rings (SSSR count). The summed E-state index contributed by atoms with van der Waals surface area (Å²) in [5.41, 5.74) is 12.3. The molecule has 0 bridgehead atoms. The maximum absolute atomic E-state index is 11.6. The molecule has 2 nitrogen and oxygen atoms in total. The third kappa shape index (κ3) is 5.22. The lowest BCUT2D eigenvalue weighted by Crippen LogP contribution is -2.14. The second-order valence-corrected chi connectivity index (χ2v) is 13.2. The first-order valence-electron chi connectivity index (χ1n) is 16.4. The Hall–Kier alpha value is -4.95. The van der Waals surface area contributed by atoms with E-state index >= 15 is 0 Å². The van der Waals surface area contributed by atoms with Crippen LogP contribution in [0.2, 0.25) is 0 Å². The fourth-order valence-corrected chi connectivity index (χ4v) is 7.34. The summed E-state index contributed by atoms with van der Waals surface area (Å²) in [5.74, 6) is -0.300. The standard InChI is InChI=1S/C44H40O2/c1-29(2)43(45)46-27-13-5-6-14-30-21-23-31(24-22-30)41-35-16-7-9-18-37(35)42(38-19-10-8-17-36(38)41)32-25-26-34-33-15-11-12-20-39(33)44(3,4)40(34)28-32/h7-12,15-26,28H,1,5-6,13-14,27H2,2-4H3. The van der Waals surface area contributed by atoms with E-state index in [1.165, 1.54) is 71.6 Å². The molecule has 228 valence electrons. The molecule has 0 atom stereocenters. The molecule has 0 amide bonds. The van der Waals surface area contributed by atoms with Crippen molar-refractivity contribution in [1.82, 2.24) is 0 Å². The summed E-state index contributed by atoms with van der Waals surface area (Å²) in [4.78, 5) is 11.6. The minimum absolute atomic E-state index is 0.0489. The molecule has 0 saturated carbocycles. The first-order valence-corrected chi connectivity index (χ1v) is 16.4. The number of benzene rings is 6. The quantitative estimate of drug-likeness (QED) is 0.0714. The van der Waals surface area contributed by atoms with E-state index in [9.17, 15) is 4.79 Å². The van der Waals surface area contributed by atoms with Crippen LogP contribution < -0.4 is 0 Å². The van der Waals surface area contributed by atoms with Gasteiger partial charge in [-0.3, -0.25) is 0 Å². The topological polar surface area (TPSA) is 26.3 Å². The second-order valence-electron chi connectivity index (χ2n) is 13.2. The summed E-state index contributed by atoms with van der Waals surface area (Å²) in [6.07, 6.45) is 3.96. The van der Waals surface area contributed by atoms with Gasteiger partial charge in [-0.15, -0.1) is 0 Å². The van der Waals surface area contributed by atoms with E-state index in [1.807, 2.05) is 0 Å². The van der Waals surface area contributed by atoms with E-state index in [4.69, 9.17) is 4.74 Å². The molecule has 0 N–H and O–H groups in total. The second kappa shape index (κ2) is 12.1. The third-order valence-corrected chi connectivity index (χ3v) is 9.74. The van der Waals surface area contributed by atoms with Gasteiger partial charge in [-0.25, -0.2) is 4.79 Å². The van der Waals surface area contributed by atoms with Crippen molar-refractivity contribution in [3.63, 3.8) is 0 Å². The fraction of sp³-hybridized carbons (Fsp3) is 0.205. The van der Waals surface area contributed by atoms with E-state index in [-0.39, 0.29) is 11.4 Å². The van der Waals surface area contributed by atoms with Crippen LogP contribution in [0.5, 0.6) is 0 Å². The Morgan fingerprint density at radius 1 is 0.630 bits per heavy atom. The minimum atomic E-state index is -0.300. The molecule has 0 spiro atoms. The number of carbonyl (C=O) groups is 1. The number of carbonyl (C=O) groups excluding carboxylic acids is 1. The lowest BCUT2D eigenvalue weighted by Gasteiger charge is -2.23. The normalized spacial score (nSPS) is 13.0. The molecule has 1 aliphatic rings. The van der Waals surface area contributed by atoms with Gasteiger partial charge in [-0.1, -0.05) is 130 Å². The molecule has 0 fully saturated rings. The fourth-order valence-electron chi connectivity index (χ4n) is 7.34. The van der Waals surface area contributed by atoms with Crippen molar-refractivity contribution in [1.29, 1.82) is 0 Å². The van der Waals surface area contributed by atoms with E-state index in [2.05, 4.69) is 136 Å². The molecule has 0 aromatic heterocycles. The van der Waals surface area contributed by atoms with Gasteiger partial charge in [0.2, 0.25) is 0 Å². The van der Waals surface area contributed by atoms with Crippen LogP contribution in [0.3, 0.4) is 0 Å². The van der Waals surface area contributed by atoms with Gasteiger partial charge in [0.1, 0.15) is 0 Å². The Kier molecular flexibility index (Phi) is 7.82. The molecular weight excluding hydrogens is 560 g/mol. The first kappa shape index (κ1) is 29.7. The van der Waals surface area contributed by atoms with Crippen molar-refractivity contribution >= 4 is 27.5 Å². The van der Waals surface area contributed by atoms with E-state index in [0.29, 0.717) is 12.2 Å². The van der Waals surface area contributed by atoms with Crippen molar-refractivity contribution < 1.29 is 9.53 Å². The highest BCUT2D eigenvalue weighted by atomic mass is 16.5. The number of unbranched alkanes of at least 4 members (excludes halogenated alkanes) is 2. The van der Waals surface area contributed by atoms with Crippen LogP contribution in [-0.4, -0.2) is 12.6 Å². The highest BCUT2D eigenvalue weighted by molar-refractivity contribution is 6.21. The zero-order valence-electron chi connectivity index (χ0n) is 27.0. The van der Waals surface area contributed by atoms with Gasteiger partial charge in [-0.2, -0.15) is 0 Å². The minimum Gasteiger partial charge on any atom is -0.462 e. The zero-order chi connectivity index (χ0) is 31.8. The Labute approximate surface area is 272 Å². The maximum atomic E-state index is 11.6. The van der Waals surface area contributed by atoms with Gasteiger partial charge in [0.15, 0.2) is 0 Å². The van der Waals surface area contributed by atoms with E-state index in [0.717, 1.165) is 25.7 Å². The van der Waals surface area contributed by atoms with Crippen molar-refractivity contribution in [2.75, 3.05) is 6.61 Å². The van der Waals surface area contributed by atoms with Crippen LogP contribution in [0, 0.1) is 0 Å². The SMILES string of the molecule is C=C(C)C(=O)OCCCCCc1ccc(-c2c3ccccc3c(-c3ccc4c(c3)C(C)(C)c3ccccc3-4)c3ccccc23)cc1. The molecule has 0 aliphatic heterocycles. The Balaban J connectivity index is 1.23. The molecule has 6 aromatic carbocycles. The molecule has 1 aliphatic carbocycles. The lowest BCUT2D eigenvalue weighted by molar-refractivity contribution is -0.139. The third-order valence-electron chi connectivity index (χ3n) is 9.74. The van der Waals surface area contributed by atoms with Crippen molar-refractivity contribution in [2.45, 2.75) is 51.9 Å². The van der Waals surface area contributed by atoms with Gasteiger partial charge >= 0.3 is 5.97 Å². The summed E-state index contributed by atoms with van der Waals surface area (Å²) in [6.45, 7) is 10.5. The summed E-state index contributed by atoms with van der Waals surface area (Å²) >= 11 is 0. The number of fused-ring (bicyclic) bond motifs is 5. The van der Waals surface area contributed by atoms with Crippen LogP contribution in [0.4, 0.5) is 0 Å². The van der Waals surface area contributed by atoms with E-state index < -0.39 is 0 Å². The Bertz CT molecular complexity index is 2060. The van der Waals surface area contributed by atoms with Gasteiger partial charge in [0, 0.05) is 11.0 Å². The number of ether oxygens (including phenoxy) is 1. The van der Waals surface area contributed by atoms with Crippen LogP contribution in [0.15, 0.2) is 127 Å². The molecule has 2 heteroatoms. The molecule has 0 saturated heterocycles. The van der Waals surface area contributed by atoms with Crippen LogP contribution in [-0.2, 0) is 21.4 Å². The first-order chi connectivity index (χ1) is 22.3. The molecule has 6 aromatic rings. The molecule has 0 heterocycles. The number of hydrogen-bond acceptors (Lipinski definition) is 2. The molecule has 46 heavy (non-hydrogen) atoms. The number of rotatable bonds is 9. The van der Waals surface area contributed by atoms with Crippen molar-refractivity contribution in [2.24, 2.45) is 0 Å². The van der Waals surface area contributed by atoms with Crippen LogP contribution in [0.25, 0.3) is 54.9 Å². The lowest BCUT2D eigenvalue weighted by atomic mass is 9.80. The Morgan fingerprint density at radius 3 is 1.80 bits per heavy atom. The predicted octanol–water partition coefficient (Wildman–Crippen LogP) is 11.5. The predicted molar refractivity (Wildman–Crippen MR) is 193 cm³/mol. The number of hydrogen-bond donors (Lipinski definition) is 0. The number of esters is 1. The van der Waals surface area contributed by atoms with Gasteiger partial charge in [0.05, 0.1) is 6.61 Å². The van der Waals surface area contributed by atoms with Crippen molar-refractivity contribution in [3.8, 4) is 33.4 Å². The monoisotopic (exact) mass is 600 g/mol. The van der Waals surface area contributed by atoms with Gasteiger partial charge in [0.25, 0.3) is 0 Å². The average molecular weight is 601 g/mol. The van der Waals surface area contributed by atoms with Gasteiger partial charge < -0.3 is 4.74 Å². The molecule has 0 unspecified atom stereocenters. The van der Waals surface area contributed by atoms with E-state index in [1.54, 1.807) is 6.92 Å². The summed E-state index contributed by atoms with van der Waals surface area (Å²) in [6, 6.07) is 42.9. The summed E-state index contributed by atoms with van der Waals surface area (Å²) in [5, 5.41) is 5.11. The van der Waals surface area contributed by atoms with Gasteiger partial charge in [-0.05, 0) is 110 Å². The van der Waals surface area contributed by atoms with Crippen molar-refractivity contribution in [3.05, 3.63) is 144 Å². The zero-order valence-corrected chi connectivity index (χ0v) is 27.0. The highest BCUT2D eigenvalue weighted by Crippen LogP contribution is 2.51. The molecular formula is C44H40O2. The molecule has 0 radical (unpaired) electrons. The average Bonchev–Trinajstić information content (AvgIpc) is 3.31. The summed E-state index contributed by atoms with van der Waals surface area (Å²) < 4.78 is 5.23. The Morgan fingerprint density at radius 2 is 1.17 bits per heavy atom. The maximum Gasteiger partial charge on any atom is 0.333 e.